The summed E-state index contributed by atoms with van der Waals surface area (Å²) in [5, 5.41) is 8.17. The molecule has 26 heavy (non-hydrogen) atoms. The Morgan fingerprint density at radius 3 is 2.73 bits per heavy atom. The van der Waals surface area contributed by atoms with Crippen LogP contribution in [0.5, 0.6) is 0 Å². The first-order valence-corrected chi connectivity index (χ1v) is 10.2. The van der Waals surface area contributed by atoms with E-state index in [0.717, 1.165) is 27.6 Å². The second-order valence-corrected chi connectivity index (χ2v) is 7.99. The molecule has 0 atom stereocenters. The Labute approximate surface area is 163 Å². The Kier molecular flexibility index (Phi) is 4.76. The summed E-state index contributed by atoms with van der Waals surface area (Å²) in [5.41, 5.74) is 3.91. The van der Waals surface area contributed by atoms with E-state index in [2.05, 4.69) is 25.1 Å². The lowest BCUT2D eigenvalue weighted by Crippen LogP contribution is -2.12. The van der Waals surface area contributed by atoms with Gasteiger partial charge < -0.3 is 5.32 Å². The highest BCUT2D eigenvalue weighted by molar-refractivity contribution is 7.15. The van der Waals surface area contributed by atoms with Gasteiger partial charge in [0.15, 0.2) is 10.1 Å². The fraction of sp³-hybridized carbons (Fsp3) is 0.167. The summed E-state index contributed by atoms with van der Waals surface area (Å²) in [4.78, 5) is 22.0. The zero-order chi connectivity index (χ0) is 18.1. The minimum absolute atomic E-state index is 0.0308. The second kappa shape index (κ2) is 7.19. The number of rotatable bonds is 5. The largest absolute Gasteiger partial charge is 0.302 e. The van der Waals surface area contributed by atoms with Crippen LogP contribution in [0.2, 0.25) is 5.02 Å². The maximum absolute atomic E-state index is 12.1. The van der Waals surface area contributed by atoms with E-state index in [-0.39, 0.29) is 5.91 Å². The molecule has 3 aromatic heterocycles. The van der Waals surface area contributed by atoms with Gasteiger partial charge in [-0.3, -0.25) is 9.20 Å². The number of carbonyl (C=O) groups excluding carboxylic acids is 1. The summed E-state index contributed by atoms with van der Waals surface area (Å²) < 4.78 is 2.05. The van der Waals surface area contributed by atoms with Crippen LogP contribution in [0.3, 0.4) is 0 Å². The van der Waals surface area contributed by atoms with Gasteiger partial charge in [0.25, 0.3) is 0 Å². The molecule has 8 heteroatoms. The van der Waals surface area contributed by atoms with Crippen LogP contribution in [0.4, 0.5) is 5.13 Å². The summed E-state index contributed by atoms with van der Waals surface area (Å²) >= 11 is 8.96. The zero-order valence-electron chi connectivity index (χ0n) is 13.9. The smallest absolute Gasteiger partial charge is 0.226 e. The Bertz CT molecular complexity index is 1060. The van der Waals surface area contributed by atoms with Crippen LogP contribution in [0.1, 0.15) is 17.8 Å². The fourth-order valence-electron chi connectivity index (χ4n) is 2.60. The van der Waals surface area contributed by atoms with Gasteiger partial charge >= 0.3 is 0 Å². The average Bonchev–Trinajstić information content (AvgIpc) is 3.30. The third-order valence-corrected chi connectivity index (χ3v) is 5.91. The number of fused-ring (bicyclic) bond motifs is 1. The Balaban J connectivity index is 1.46. The van der Waals surface area contributed by atoms with E-state index >= 15 is 0 Å². The Hall–Kier alpha value is -2.22. The standard InChI is InChI=1S/C18H15ClN4OS2/c1-11-9-25-17(20-11)22-16(24)7-6-14-10-26-18-21-15(8-23(14)18)12-2-4-13(19)5-3-12/h2-5,8-10H,6-7H2,1H3,(H,20,22,24). The average molecular weight is 403 g/mol. The van der Waals surface area contributed by atoms with Crippen LogP contribution in [0.25, 0.3) is 16.2 Å². The lowest BCUT2D eigenvalue weighted by Gasteiger charge is -2.01. The summed E-state index contributed by atoms with van der Waals surface area (Å²) in [6.45, 7) is 1.91. The number of imidazole rings is 1. The molecule has 1 aromatic carbocycles. The topological polar surface area (TPSA) is 59.3 Å². The number of aromatic nitrogens is 3. The van der Waals surface area contributed by atoms with Crippen LogP contribution < -0.4 is 5.32 Å². The lowest BCUT2D eigenvalue weighted by molar-refractivity contribution is -0.116. The molecule has 0 spiro atoms. The van der Waals surface area contributed by atoms with E-state index in [0.29, 0.717) is 23.0 Å². The van der Waals surface area contributed by atoms with E-state index < -0.39 is 0 Å². The second-order valence-electron chi connectivity index (χ2n) is 5.85. The molecule has 132 valence electrons. The maximum Gasteiger partial charge on any atom is 0.226 e. The third kappa shape index (κ3) is 3.65. The SMILES string of the molecule is Cc1csc(NC(=O)CCc2csc3nc(-c4ccc(Cl)cc4)cn23)n1. The first-order chi connectivity index (χ1) is 12.6. The van der Waals surface area contributed by atoms with Crippen molar-refractivity contribution in [1.29, 1.82) is 0 Å². The Morgan fingerprint density at radius 1 is 1.19 bits per heavy atom. The van der Waals surface area contributed by atoms with Crippen LogP contribution in [-0.2, 0) is 11.2 Å². The van der Waals surface area contributed by atoms with E-state index in [1.165, 1.54) is 11.3 Å². The quantitative estimate of drug-likeness (QED) is 0.508. The van der Waals surface area contributed by atoms with Crippen molar-refractivity contribution in [1.82, 2.24) is 14.4 Å². The lowest BCUT2D eigenvalue weighted by atomic mass is 10.2. The molecule has 0 aliphatic carbocycles. The van der Waals surface area contributed by atoms with Gasteiger partial charge in [0.2, 0.25) is 5.91 Å². The van der Waals surface area contributed by atoms with Gasteiger partial charge in [0, 0.05) is 39.7 Å². The number of amides is 1. The highest BCUT2D eigenvalue weighted by Crippen LogP contribution is 2.25. The molecule has 0 saturated heterocycles. The van der Waals surface area contributed by atoms with Gasteiger partial charge in [0.05, 0.1) is 11.4 Å². The number of thiazole rings is 2. The molecule has 0 radical (unpaired) electrons. The van der Waals surface area contributed by atoms with Crippen molar-refractivity contribution in [3.63, 3.8) is 0 Å². The highest BCUT2D eigenvalue weighted by atomic mass is 35.5. The predicted molar refractivity (Wildman–Crippen MR) is 107 cm³/mol. The molecule has 4 rings (SSSR count). The molecule has 5 nitrogen and oxygen atoms in total. The van der Waals surface area contributed by atoms with Gasteiger partial charge in [-0.1, -0.05) is 23.7 Å². The molecule has 1 amide bonds. The van der Waals surface area contributed by atoms with Crippen molar-refractivity contribution >= 4 is 50.3 Å². The molecule has 0 aliphatic rings. The number of halogens is 1. The minimum atomic E-state index is -0.0308. The molecule has 0 aliphatic heterocycles. The van der Waals surface area contributed by atoms with Crippen LogP contribution >= 0.6 is 34.3 Å². The molecule has 0 unspecified atom stereocenters. The number of hydrogen-bond acceptors (Lipinski definition) is 5. The molecular weight excluding hydrogens is 388 g/mol. The third-order valence-electron chi connectivity index (χ3n) is 3.90. The highest BCUT2D eigenvalue weighted by Gasteiger charge is 2.12. The number of benzene rings is 1. The number of aryl methyl sites for hydroxylation is 2. The molecule has 4 aromatic rings. The van der Waals surface area contributed by atoms with Crippen molar-refractivity contribution in [2.24, 2.45) is 0 Å². The van der Waals surface area contributed by atoms with Gasteiger partial charge in [-0.25, -0.2) is 9.97 Å². The first kappa shape index (κ1) is 17.2. The van der Waals surface area contributed by atoms with Crippen molar-refractivity contribution in [3.05, 3.63) is 57.6 Å². The summed E-state index contributed by atoms with van der Waals surface area (Å²) in [5.74, 6) is -0.0308. The number of anilines is 1. The summed E-state index contributed by atoms with van der Waals surface area (Å²) in [6.07, 6.45) is 3.05. The molecule has 3 heterocycles. The van der Waals surface area contributed by atoms with Crippen molar-refractivity contribution in [3.8, 4) is 11.3 Å². The number of nitrogens with one attached hydrogen (secondary N) is 1. The van der Waals surface area contributed by atoms with Crippen molar-refractivity contribution < 1.29 is 4.79 Å². The molecule has 1 N–H and O–H groups in total. The molecule has 0 saturated carbocycles. The van der Waals surface area contributed by atoms with Crippen molar-refractivity contribution in [2.45, 2.75) is 19.8 Å². The summed E-state index contributed by atoms with van der Waals surface area (Å²) in [7, 11) is 0. The van der Waals surface area contributed by atoms with E-state index in [1.54, 1.807) is 11.3 Å². The van der Waals surface area contributed by atoms with Crippen LogP contribution in [0.15, 0.2) is 41.2 Å². The monoisotopic (exact) mass is 402 g/mol. The van der Waals surface area contributed by atoms with Crippen LogP contribution in [-0.4, -0.2) is 20.3 Å². The fourth-order valence-corrected chi connectivity index (χ4v) is 4.34. The predicted octanol–water partition coefficient (Wildman–Crippen LogP) is 5.05. The number of nitrogens with zero attached hydrogens (tertiary/aromatic N) is 3. The van der Waals surface area contributed by atoms with E-state index in [4.69, 9.17) is 11.6 Å². The van der Waals surface area contributed by atoms with Crippen molar-refractivity contribution in [2.75, 3.05) is 5.32 Å². The van der Waals surface area contributed by atoms with Gasteiger partial charge in [-0.05, 0) is 25.5 Å². The van der Waals surface area contributed by atoms with E-state index in [1.807, 2.05) is 42.8 Å². The zero-order valence-corrected chi connectivity index (χ0v) is 16.3. The van der Waals surface area contributed by atoms with E-state index in [9.17, 15) is 4.79 Å². The van der Waals surface area contributed by atoms with Gasteiger partial charge in [-0.15, -0.1) is 22.7 Å². The Morgan fingerprint density at radius 2 is 2.00 bits per heavy atom. The molecule has 0 bridgehead atoms. The minimum Gasteiger partial charge on any atom is -0.302 e. The normalized spacial score (nSPS) is 11.2. The first-order valence-electron chi connectivity index (χ1n) is 8.02. The summed E-state index contributed by atoms with van der Waals surface area (Å²) in [6, 6.07) is 7.63. The van der Waals surface area contributed by atoms with Crippen LogP contribution in [0, 0.1) is 6.92 Å². The number of hydrogen-bond donors (Lipinski definition) is 1. The molecule has 0 fully saturated rings. The van der Waals surface area contributed by atoms with Gasteiger partial charge in [0.1, 0.15) is 0 Å². The molecular formula is C18H15ClN4OS2. The number of carbonyl (C=O) groups is 1. The van der Waals surface area contributed by atoms with Gasteiger partial charge in [-0.2, -0.15) is 0 Å². The maximum atomic E-state index is 12.1.